The van der Waals surface area contributed by atoms with E-state index in [4.69, 9.17) is 49.5 Å². The maximum atomic E-state index is 11.6. The number of nitrogen functional groups attached to an aromatic ring is 3. The van der Waals surface area contributed by atoms with Crippen LogP contribution in [-0.4, -0.2) is 24.0 Å². The number of non-ortho nitro benzene ring substituents is 3. The van der Waals surface area contributed by atoms with Crippen LogP contribution in [0.4, 0.5) is 34.1 Å². The summed E-state index contributed by atoms with van der Waals surface area (Å²) in [4.78, 5) is 46.2. The lowest BCUT2D eigenvalue weighted by Gasteiger charge is -2.43. The standard InChI is InChI=1S/C36H30N9O12P3/c37-25-1-13-31(14-2-25)52-44-58(54-33-15-3-26(38)4-16-33)40-60(56-35-21-9-29(10-22-35)42(48)49,57-36-23-11-30(12-24-36)43(50)51)45(53-32-19-7-28(8-20-32)41(46)47)59(44)55-34-17-5-27(39)6-18-34/h1-24H,37-39H2. The van der Waals surface area contributed by atoms with Gasteiger partial charge in [0.05, 0.1) is 14.8 Å². The van der Waals surface area contributed by atoms with Gasteiger partial charge in [-0.05, 0) is 109 Å². The SMILES string of the molecule is Nc1ccc(ON2P(Oc3ccc(N)cc3)N=P(Oc3ccc([N+](=O)[O-])cc3)(Oc3ccc([N+](=O)[O-])cc3)N(Oc3ccc([N+](=O)[O-])cc3)P2Oc2ccc(N)cc2)cc1. The largest absolute Gasteiger partial charge is 0.447 e. The lowest BCUT2D eigenvalue weighted by atomic mass is 10.3. The maximum Gasteiger partial charge on any atom is 0.447 e. The van der Waals surface area contributed by atoms with Crippen LogP contribution in [-0.2, 0) is 0 Å². The molecule has 1 heterocycles. The third-order valence-corrected chi connectivity index (χ3v) is 14.7. The summed E-state index contributed by atoms with van der Waals surface area (Å²) < 4.78 is 34.1. The van der Waals surface area contributed by atoms with Crippen molar-refractivity contribution >= 4 is 58.7 Å². The molecule has 60 heavy (non-hydrogen) atoms. The number of nitrogens with two attached hydrogens (primary N) is 3. The highest BCUT2D eigenvalue weighted by molar-refractivity contribution is 7.78. The molecular weight excluding hydrogens is 843 g/mol. The van der Waals surface area contributed by atoms with Crippen molar-refractivity contribution in [2.24, 2.45) is 4.52 Å². The van der Waals surface area contributed by atoms with E-state index in [1.54, 1.807) is 72.8 Å². The predicted molar refractivity (Wildman–Crippen MR) is 222 cm³/mol. The normalized spacial score (nSPS) is 16.1. The minimum atomic E-state index is -4.39. The molecule has 6 aromatic rings. The van der Waals surface area contributed by atoms with Gasteiger partial charge in [-0.25, -0.2) is 0 Å². The number of anilines is 3. The highest BCUT2D eigenvalue weighted by atomic mass is 31.3. The number of nitro groups is 3. The van der Waals surface area contributed by atoms with Crippen LogP contribution >= 0.6 is 24.6 Å². The van der Waals surface area contributed by atoms with E-state index in [2.05, 4.69) is 0 Å². The summed E-state index contributed by atoms with van der Waals surface area (Å²) in [5.41, 5.74) is 18.5. The Morgan fingerprint density at radius 3 is 1.20 bits per heavy atom. The van der Waals surface area contributed by atoms with Gasteiger partial charge in [0, 0.05) is 62.7 Å². The van der Waals surface area contributed by atoms with Crippen LogP contribution in [0.2, 0.25) is 0 Å². The molecule has 0 fully saturated rings. The van der Waals surface area contributed by atoms with E-state index in [-0.39, 0.29) is 51.6 Å². The number of hydrogen-bond acceptors (Lipinski definition) is 18. The average Bonchev–Trinajstić information content (AvgIpc) is 3.23. The molecule has 0 amide bonds. The van der Waals surface area contributed by atoms with Crippen molar-refractivity contribution in [3.63, 3.8) is 0 Å². The Morgan fingerprint density at radius 1 is 0.467 bits per heavy atom. The number of rotatable bonds is 15. The minimum absolute atomic E-state index is 0.00494. The molecule has 6 aromatic carbocycles. The summed E-state index contributed by atoms with van der Waals surface area (Å²) in [7, 11) is -9.53. The van der Waals surface area contributed by atoms with Crippen LogP contribution in [0.5, 0.6) is 34.5 Å². The molecule has 1 aliphatic heterocycles. The Balaban J connectivity index is 1.49. The van der Waals surface area contributed by atoms with Crippen LogP contribution in [0.15, 0.2) is 150 Å². The van der Waals surface area contributed by atoms with E-state index in [0.717, 1.165) is 4.60 Å². The Bertz CT molecular complexity index is 2480. The van der Waals surface area contributed by atoms with Crippen molar-refractivity contribution < 1.29 is 42.5 Å². The van der Waals surface area contributed by atoms with Crippen LogP contribution in [0.1, 0.15) is 0 Å². The third kappa shape index (κ3) is 9.70. The van der Waals surface area contributed by atoms with Gasteiger partial charge in [-0.15, -0.1) is 4.52 Å². The molecule has 24 heteroatoms. The fourth-order valence-electron chi connectivity index (χ4n) is 4.92. The zero-order chi connectivity index (χ0) is 42.4. The fourth-order valence-corrected chi connectivity index (χ4v) is 12.4. The van der Waals surface area contributed by atoms with E-state index in [1.807, 2.05) is 0 Å². The average molecular weight is 874 g/mol. The number of benzene rings is 6. The van der Waals surface area contributed by atoms with E-state index in [9.17, 15) is 30.3 Å². The van der Waals surface area contributed by atoms with Gasteiger partial charge in [0.15, 0.2) is 0 Å². The van der Waals surface area contributed by atoms with Crippen LogP contribution < -0.4 is 45.0 Å². The molecule has 2 unspecified atom stereocenters. The number of nitrogens with zero attached hydrogens (tertiary/aromatic N) is 6. The van der Waals surface area contributed by atoms with Gasteiger partial charge in [-0.3, -0.25) is 30.3 Å². The van der Waals surface area contributed by atoms with Crippen molar-refractivity contribution in [2.75, 3.05) is 17.2 Å². The van der Waals surface area contributed by atoms with Gasteiger partial charge in [0.1, 0.15) is 34.5 Å². The first-order chi connectivity index (χ1) is 28.8. The van der Waals surface area contributed by atoms with Gasteiger partial charge < -0.3 is 45.0 Å². The second-order valence-electron chi connectivity index (χ2n) is 12.1. The monoisotopic (exact) mass is 873 g/mol. The quantitative estimate of drug-likeness (QED) is 0.0374. The Hall–Kier alpha value is -7.27. The molecule has 0 bridgehead atoms. The molecule has 306 valence electrons. The molecule has 7 rings (SSSR count). The summed E-state index contributed by atoms with van der Waals surface area (Å²) in [5, 5.41) is 34.9. The molecule has 0 aliphatic carbocycles. The van der Waals surface area contributed by atoms with E-state index >= 15 is 0 Å². The van der Waals surface area contributed by atoms with Gasteiger partial charge in [0.25, 0.3) is 17.1 Å². The topological polar surface area (TPSA) is 282 Å². The highest BCUT2D eigenvalue weighted by Gasteiger charge is 2.58. The van der Waals surface area contributed by atoms with Crippen molar-refractivity contribution in [1.29, 1.82) is 0 Å². The van der Waals surface area contributed by atoms with Crippen LogP contribution in [0.3, 0.4) is 0 Å². The van der Waals surface area contributed by atoms with Crippen LogP contribution in [0.25, 0.3) is 0 Å². The Labute approximate surface area is 341 Å². The molecule has 0 spiro atoms. The van der Waals surface area contributed by atoms with Crippen LogP contribution in [0, 0.1) is 30.3 Å². The van der Waals surface area contributed by atoms with Gasteiger partial charge in [-0.1, -0.05) is 0 Å². The molecule has 0 aromatic heterocycles. The van der Waals surface area contributed by atoms with E-state index in [1.165, 1.54) is 77.4 Å². The first-order valence-electron chi connectivity index (χ1n) is 17.1. The highest BCUT2D eigenvalue weighted by Crippen LogP contribution is 2.77. The molecule has 6 N–H and O–H groups in total. The lowest BCUT2D eigenvalue weighted by Crippen LogP contribution is -2.37. The zero-order valence-corrected chi connectivity index (χ0v) is 33.2. The van der Waals surface area contributed by atoms with Crippen molar-refractivity contribution in [3.8, 4) is 34.5 Å². The van der Waals surface area contributed by atoms with Crippen molar-refractivity contribution in [3.05, 3.63) is 176 Å². The third-order valence-electron chi connectivity index (χ3n) is 7.82. The summed E-state index contributed by atoms with van der Waals surface area (Å²) in [6.45, 7) is 0. The molecule has 1 aliphatic rings. The Kier molecular flexibility index (Phi) is 12.1. The van der Waals surface area contributed by atoms with E-state index < -0.39 is 39.3 Å². The van der Waals surface area contributed by atoms with Crippen molar-refractivity contribution in [1.82, 2.24) is 9.21 Å². The van der Waals surface area contributed by atoms with Crippen molar-refractivity contribution in [2.45, 2.75) is 0 Å². The molecule has 0 radical (unpaired) electrons. The summed E-state index contributed by atoms with van der Waals surface area (Å²) in [6.07, 6.45) is 0. The first-order valence-corrected chi connectivity index (χ1v) is 20.9. The maximum absolute atomic E-state index is 11.6. The lowest BCUT2D eigenvalue weighted by molar-refractivity contribution is -0.385. The second kappa shape index (κ2) is 17.7. The second-order valence-corrected chi connectivity index (χ2v) is 17.6. The Morgan fingerprint density at radius 2 is 0.800 bits per heavy atom. The molecule has 0 saturated carbocycles. The van der Waals surface area contributed by atoms with Gasteiger partial charge >= 0.3 is 24.6 Å². The number of hydrogen-bond donors (Lipinski definition) is 3. The molecule has 0 saturated heterocycles. The van der Waals surface area contributed by atoms with E-state index in [0.29, 0.717) is 17.1 Å². The minimum Gasteiger partial charge on any atom is -0.440 e. The summed E-state index contributed by atoms with van der Waals surface area (Å²) in [6, 6.07) is 34.1. The van der Waals surface area contributed by atoms with Gasteiger partial charge in [-0.2, -0.15) is 0 Å². The fraction of sp³-hybridized carbons (Fsp3) is 0. The molecule has 2 atom stereocenters. The molecular formula is C36H30N9O12P3. The first kappa shape index (κ1) is 40.9. The molecule has 21 nitrogen and oxygen atoms in total. The predicted octanol–water partition coefficient (Wildman–Crippen LogP) is 9.78. The summed E-state index contributed by atoms with van der Waals surface area (Å²) in [5.74, 6) is 0.734. The summed E-state index contributed by atoms with van der Waals surface area (Å²) >= 11 is 0. The smallest absolute Gasteiger partial charge is 0.440 e. The number of nitro benzene ring substituents is 3. The van der Waals surface area contributed by atoms with Gasteiger partial charge in [0.2, 0.25) is 0 Å². The zero-order valence-electron chi connectivity index (χ0n) is 30.5.